The predicted molar refractivity (Wildman–Crippen MR) is 83.2 cm³/mol. The molecule has 1 aromatic carbocycles. The second kappa shape index (κ2) is 7.91. The van der Waals surface area contributed by atoms with Gasteiger partial charge < -0.3 is 5.32 Å². The van der Waals surface area contributed by atoms with E-state index in [0.717, 1.165) is 36.1 Å². The van der Waals surface area contributed by atoms with Crippen molar-refractivity contribution in [3.63, 3.8) is 0 Å². The normalized spacial score (nSPS) is 10.0. The van der Waals surface area contributed by atoms with E-state index in [2.05, 4.69) is 21.4 Å². The van der Waals surface area contributed by atoms with Crippen molar-refractivity contribution in [1.29, 1.82) is 0 Å². The number of unbranched alkanes of at least 4 members (excludes halogenated alkanes) is 2. The SMILES string of the molecule is C#CCCCCC(=O)NCc1ccc(-c2ccn[nH]2)cc1. The van der Waals surface area contributed by atoms with Crippen molar-refractivity contribution in [3.8, 4) is 23.6 Å². The molecule has 1 amide bonds. The lowest BCUT2D eigenvalue weighted by Crippen LogP contribution is -2.22. The Morgan fingerprint density at radius 1 is 1.24 bits per heavy atom. The second-order valence-electron chi connectivity index (χ2n) is 4.86. The van der Waals surface area contributed by atoms with Gasteiger partial charge in [-0.15, -0.1) is 12.3 Å². The molecular weight excluding hydrogens is 262 g/mol. The van der Waals surface area contributed by atoms with E-state index in [1.54, 1.807) is 6.20 Å². The number of nitrogens with one attached hydrogen (secondary N) is 2. The van der Waals surface area contributed by atoms with E-state index in [-0.39, 0.29) is 5.91 Å². The van der Waals surface area contributed by atoms with Crippen LogP contribution in [-0.2, 0) is 11.3 Å². The molecule has 0 bridgehead atoms. The average molecular weight is 281 g/mol. The number of benzene rings is 1. The van der Waals surface area contributed by atoms with Crippen LogP contribution in [0.1, 0.15) is 31.2 Å². The fraction of sp³-hybridized carbons (Fsp3) is 0.294. The third-order valence-corrected chi connectivity index (χ3v) is 3.23. The van der Waals surface area contributed by atoms with E-state index in [0.29, 0.717) is 13.0 Å². The topological polar surface area (TPSA) is 57.8 Å². The van der Waals surface area contributed by atoms with Gasteiger partial charge in [-0.2, -0.15) is 5.10 Å². The molecule has 0 unspecified atom stereocenters. The zero-order valence-electron chi connectivity index (χ0n) is 11.9. The minimum Gasteiger partial charge on any atom is -0.352 e. The minimum atomic E-state index is 0.0738. The molecule has 4 nitrogen and oxygen atoms in total. The van der Waals surface area contributed by atoms with Crippen LogP contribution in [0.25, 0.3) is 11.3 Å². The molecule has 108 valence electrons. The highest BCUT2D eigenvalue weighted by atomic mass is 16.1. The lowest BCUT2D eigenvalue weighted by Gasteiger charge is -2.06. The molecule has 1 aromatic heterocycles. The summed E-state index contributed by atoms with van der Waals surface area (Å²) in [6.45, 7) is 0.553. The zero-order valence-corrected chi connectivity index (χ0v) is 11.9. The van der Waals surface area contributed by atoms with Crippen LogP contribution in [0.5, 0.6) is 0 Å². The molecule has 2 N–H and O–H groups in total. The van der Waals surface area contributed by atoms with Gasteiger partial charge in [0.25, 0.3) is 0 Å². The van der Waals surface area contributed by atoms with Gasteiger partial charge >= 0.3 is 0 Å². The summed E-state index contributed by atoms with van der Waals surface area (Å²) >= 11 is 0. The van der Waals surface area contributed by atoms with E-state index in [1.165, 1.54) is 0 Å². The van der Waals surface area contributed by atoms with Crippen molar-refractivity contribution >= 4 is 5.91 Å². The molecule has 2 rings (SSSR count). The first-order valence-corrected chi connectivity index (χ1v) is 7.08. The number of aromatic amines is 1. The molecule has 2 aromatic rings. The minimum absolute atomic E-state index is 0.0738. The van der Waals surface area contributed by atoms with Gasteiger partial charge in [-0.3, -0.25) is 9.89 Å². The number of hydrogen-bond acceptors (Lipinski definition) is 2. The maximum absolute atomic E-state index is 11.7. The summed E-state index contributed by atoms with van der Waals surface area (Å²) in [7, 11) is 0. The van der Waals surface area contributed by atoms with E-state index < -0.39 is 0 Å². The van der Waals surface area contributed by atoms with Crippen molar-refractivity contribution in [1.82, 2.24) is 15.5 Å². The summed E-state index contributed by atoms with van der Waals surface area (Å²) in [5.41, 5.74) is 3.14. The number of H-pyrrole nitrogens is 1. The molecule has 4 heteroatoms. The molecule has 0 saturated heterocycles. The van der Waals surface area contributed by atoms with Crippen molar-refractivity contribution in [3.05, 3.63) is 42.1 Å². The first-order valence-electron chi connectivity index (χ1n) is 7.08. The number of amides is 1. The Morgan fingerprint density at radius 3 is 2.71 bits per heavy atom. The van der Waals surface area contributed by atoms with Crippen LogP contribution in [0.2, 0.25) is 0 Å². The van der Waals surface area contributed by atoms with E-state index in [4.69, 9.17) is 6.42 Å². The standard InChI is InChI=1S/C17H19N3O/c1-2-3-4-5-6-17(21)18-13-14-7-9-15(10-8-14)16-11-12-19-20-16/h1,7-12H,3-6,13H2,(H,18,21)(H,19,20). The van der Waals surface area contributed by atoms with Crippen LogP contribution in [-0.4, -0.2) is 16.1 Å². The third kappa shape index (κ3) is 4.81. The van der Waals surface area contributed by atoms with Crippen LogP contribution in [0.3, 0.4) is 0 Å². The Balaban J connectivity index is 1.76. The van der Waals surface area contributed by atoms with Gasteiger partial charge in [0.2, 0.25) is 5.91 Å². The Morgan fingerprint density at radius 2 is 2.05 bits per heavy atom. The summed E-state index contributed by atoms with van der Waals surface area (Å²) in [6.07, 6.45) is 9.92. The summed E-state index contributed by atoms with van der Waals surface area (Å²) in [5, 5.41) is 9.77. The molecule has 0 fully saturated rings. The fourth-order valence-corrected chi connectivity index (χ4v) is 2.02. The van der Waals surface area contributed by atoms with Crippen LogP contribution < -0.4 is 5.32 Å². The predicted octanol–water partition coefficient (Wildman–Crippen LogP) is 2.89. The van der Waals surface area contributed by atoms with Crippen molar-refractivity contribution in [2.75, 3.05) is 0 Å². The lowest BCUT2D eigenvalue weighted by atomic mass is 10.1. The molecule has 1 heterocycles. The number of aromatic nitrogens is 2. The summed E-state index contributed by atoms with van der Waals surface area (Å²) in [6, 6.07) is 9.97. The lowest BCUT2D eigenvalue weighted by molar-refractivity contribution is -0.121. The van der Waals surface area contributed by atoms with Crippen LogP contribution in [0, 0.1) is 12.3 Å². The second-order valence-corrected chi connectivity index (χ2v) is 4.86. The van der Waals surface area contributed by atoms with Gasteiger partial charge in [-0.1, -0.05) is 24.3 Å². The summed E-state index contributed by atoms with van der Waals surface area (Å²) in [4.78, 5) is 11.7. The maximum Gasteiger partial charge on any atom is 0.220 e. The van der Waals surface area contributed by atoms with Crippen molar-refractivity contribution in [2.24, 2.45) is 0 Å². The molecule has 0 spiro atoms. The molecule has 0 aliphatic carbocycles. The highest BCUT2D eigenvalue weighted by Gasteiger charge is 2.02. The smallest absolute Gasteiger partial charge is 0.220 e. The van der Waals surface area contributed by atoms with Gasteiger partial charge in [0, 0.05) is 25.6 Å². The quantitative estimate of drug-likeness (QED) is 0.605. The number of rotatable bonds is 7. The molecule has 21 heavy (non-hydrogen) atoms. The van der Waals surface area contributed by atoms with Crippen LogP contribution in [0.4, 0.5) is 0 Å². The summed E-state index contributed by atoms with van der Waals surface area (Å²) in [5.74, 6) is 2.65. The number of nitrogens with zero attached hydrogens (tertiary/aromatic N) is 1. The summed E-state index contributed by atoms with van der Waals surface area (Å²) < 4.78 is 0. The maximum atomic E-state index is 11.7. The number of carbonyl (C=O) groups excluding carboxylic acids is 1. The Labute approximate surface area is 125 Å². The largest absolute Gasteiger partial charge is 0.352 e. The van der Waals surface area contributed by atoms with Crippen molar-refractivity contribution < 1.29 is 4.79 Å². The highest BCUT2D eigenvalue weighted by molar-refractivity contribution is 5.75. The first kappa shape index (κ1) is 14.9. The molecule has 0 radical (unpaired) electrons. The van der Waals surface area contributed by atoms with E-state index >= 15 is 0 Å². The number of hydrogen-bond donors (Lipinski definition) is 2. The fourth-order valence-electron chi connectivity index (χ4n) is 2.02. The van der Waals surface area contributed by atoms with Gasteiger partial charge in [-0.25, -0.2) is 0 Å². The van der Waals surface area contributed by atoms with E-state index in [1.807, 2.05) is 30.3 Å². The van der Waals surface area contributed by atoms with Gasteiger partial charge in [0.05, 0.1) is 5.69 Å². The third-order valence-electron chi connectivity index (χ3n) is 3.23. The number of terminal acetylenes is 1. The van der Waals surface area contributed by atoms with Crippen LogP contribution >= 0.6 is 0 Å². The Kier molecular flexibility index (Phi) is 5.60. The zero-order chi connectivity index (χ0) is 14.9. The van der Waals surface area contributed by atoms with Crippen molar-refractivity contribution in [2.45, 2.75) is 32.2 Å². The van der Waals surface area contributed by atoms with Gasteiger partial charge in [0.1, 0.15) is 0 Å². The monoisotopic (exact) mass is 281 g/mol. The number of carbonyl (C=O) groups is 1. The first-order chi connectivity index (χ1) is 10.3. The Hall–Kier alpha value is -2.54. The molecule has 0 atom stereocenters. The molecule has 0 aliphatic heterocycles. The van der Waals surface area contributed by atoms with Gasteiger partial charge in [0.15, 0.2) is 0 Å². The molecular formula is C17H19N3O. The molecule has 0 aliphatic rings. The Bertz CT molecular complexity index is 594. The molecule has 0 saturated carbocycles. The van der Waals surface area contributed by atoms with Gasteiger partial charge in [-0.05, 0) is 30.0 Å². The average Bonchev–Trinajstić information content (AvgIpc) is 3.04. The van der Waals surface area contributed by atoms with Crippen LogP contribution in [0.15, 0.2) is 36.5 Å². The van der Waals surface area contributed by atoms with E-state index in [9.17, 15) is 4.79 Å². The highest BCUT2D eigenvalue weighted by Crippen LogP contribution is 2.16.